The van der Waals surface area contributed by atoms with Crippen LogP contribution >= 0.6 is 0 Å². The van der Waals surface area contributed by atoms with E-state index in [1.54, 1.807) is 0 Å². The van der Waals surface area contributed by atoms with Crippen molar-refractivity contribution in [3.05, 3.63) is 34.1 Å². The van der Waals surface area contributed by atoms with E-state index in [9.17, 15) is 19.6 Å². The van der Waals surface area contributed by atoms with Gasteiger partial charge in [-0.3, -0.25) is 10.1 Å². The van der Waals surface area contributed by atoms with Gasteiger partial charge in [0.15, 0.2) is 5.75 Å². The Morgan fingerprint density at radius 2 is 2.05 bits per heavy atom. The Bertz CT molecular complexity index is 472. The van der Waals surface area contributed by atoms with E-state index in [-0.39, 0.29) is 12.4 Å². The molecule has 0 aromatic heterocycles. The zero-order valence-electron chi connectivity index (χ0n) is 10.5. The summed E-state index contributed by atoms with van der Waals surface area (Å²) < 4.78 is 18.3. The van der Waals surface area contributed by atoms with Gasteiger partial charge in [0.1, 0.15) is 12.4 Å². The molecule has 0 spiro atoms. The molecule has 0 bridgehead atoms. The molecule has 104 valence electrons. The Kier molecular flexibility index (Phi) is 3.99. The Balaban J connectivity index is 2.08. The van der Waals surface area contributed by atoms with Gasteiger partial charge in [0, 0.05) is 0 Å². The molecular formula is C13H16FNO4. The molecule has 5 nitrogen and oxygen atoms in total. The quantitative estimate of drug-likeness (QED) is 0.673. The van der Waals surface area contributed by atoms with E-state index in [0.29, 0.717) is 12.8 Å². The van der Waals surface area contributed by atoms with Gasteiger partial charge in [0.25, 0.3) is 0 Å². The molecule has 1 N–H and O–H groups in total. The van der Waals surface area contributed by atoms with Crippen molar-refractivity contribution in [3.8, 4) is 5.75 Å². The molecule has 6 heteroatoms. The molecule has 0 aliphatic heterocycles. The van der Waals surface area contributed by atoms with Gasteiger partial charge in [0.05, 0.1) is 16.6 Å². The zero-order chi connectivity index (χ0) is 13.9. The van der Waals surface area contributed by atoms with E-state index < -0.39 is 22.0 Å². The molecule has 0 unspecified atom stereocenters. The fourth-order valence-electron chi connectivity index (χ4n) is 2.32. The zero-order valence-corrected chi connectivity index (χ0v) is 10.5. The van der Waals surface area contributed by atoms with Crippen molar-refractivity contribution in [2.75, 3.05) is 6.61 Å². The summed E-state index contributed by atoms with van der Waals surface area (Å²) in [5.41, 5.74) is -1.35. The molecule has 0 saturated heterocycles. The van der Waals surface area contributed by atoms with Gasteiger partial charge < -0.3 is 9.84 Å². The lowest BCUT2D eigenvalue weighted by atomic mass is 9.85. The maximum absolute atomic E-state index is 13.0. The SMILES string of the molecule is O=[N+]([O-])c1cc(F)ccc1OCC1(O)CCCCC1. The van der Waals surface area contributed by atoms with Crippen LogP contribution in [0.4, 0.5) is 10.1 Å². The molecule has 1 aliphatic rings. The van der Waals surface area contributed by atoms with E-state index in [1.165, 1.54) is 6.07 Å². The van der Waals surface area contributed by atoms with E-state index >= 15 is 0 Å². The Morgan fingerprint density at radius 3 is 2.68 bits per heavy atom. The molecule has 0 heterocycles. The molecular weight excluding hydrogens is 253 g/mol. The van der Waals surface area contributed by atoms with Crippen LogP contribution in [0.2, 0.25) is 0 Å². The summed E-state index contributed by atoms with van der Waals surface area (Å²) in [6.45, 7) is -0.000523. The fraction of sp³-hybridized carbons (Fsp3) is 0.538. The van der Waals surface area contributed by atoms with E-state index in [4.69, 9.17) is 4.74 Å². The molecule has 1 saturated carbocycles. The average Bonchev–Trinajstić information content (AvgIpc) is 2.38. The largest absolute Gasteiger partial charge is 0.484 e. The topological polar surface area (TPSA) is 72.6 Å². The minimum Gasteiger partial charge on any atom is -0.484 e. The van der Waals surface area contributed by atoms with Gasteiger partial charge in [-0.05, 0) is 25.0 Å². The third kappa shape index (κ3) is 3.41. The van der Waals surface area contributed by atoms with Crippen LogP contribution in [-0.2, 0) is 0 Å². The van der Waals surface area contributed by atoms with Gasteiger partial charge in [0.2, 0.25) is 0 Å². The minimum absolute atomic E-state index is 0.000523. The van der Waals surface area contributed by atoms with Crippen LogP contribution in [0.5, 0.6) is 5.75 Å². The fourth-order valence-corrected chi connectivity index (χ4v) is 2.32. The van der Waals surface area contributed by atoms with Crippen LogP contribution in [-0.4, -0.2) is 22.2 Å². The predicted octanol–water partition coefficient (Wildman–Crippen LogP) is 2.81. The van der Waals surface area contributed by atoms with E-state index in [1.807, 2.05) is 0 Å². The van der Waals surface area contributed by atoms with Crippen molar-refractivity contribution >= 4 is 5.69 Å². The lowest BCUT2D eigenvalue weighted by molar-refractivity contribution is -0.386. The molecule has 1 fully saturated rings. The highest BCUT2D eigenvalue weighted by molar-refractivity contribution is 5.46. The molecule has 0 radical (unpaired) electrons. The van der Waals surface area contributed by atoms with E-state index in [2.05, 4.69) is 0 Å². The summed E-state index contributed by atoms with van der Waals surface area (Å²) in [6, 6.07) is 3.15. The van der Waals surface area contributed by atoms with Crippen LogP contribution in [0.3, 0.4) is 0 Å². The van der Waals surface area contributed by atoms with Crippen LogP contribution in [0.15, 0.2) is 18.2 Å². The number of hydrogen-bond acceptors (Lipinski definition) is 4. The molecule has 1 aliphatic carbocycles. The van der Waals surface area contributed by atoms with Crippen LogP contribution in [0.1, 0.15) is 32.1 Å². The average molecular weight is 269 g/mol. The summed E-state index contributed by atoms with van der Waals surface area (Å²) in [5, 5.41) is 21.0. The standard InChI is InChI=1S/C13H16FNO4/c14-10-4-5-12(11(8-10)15(17)18)19-9-13(16)6-2-1-3-7-13/h4-5,8,16H,1-3,6-7,9H2. The van der Waals surface area contributed by atoms with Crippen molar-refractivity contribution < 1.29 is 19.2 Å². The summed E-state index contributed by atoms with van der Waals surface area (Å²) in [4.78, 5) is 10.1. The first kappa shape index (κ1) is 13.7. The van der Waals surface area contributed by atoms with Gasteiger partial charge in [-0.2, -0.15) is 0 Å². The second kappa shape index (κ2) is 5.52. The second-order valence-electron chi connectivity index (χ2n) is 4.94. The normalized spacial score (nSPS) is 18.0. The monoisotopic (exact) mass is 269 g/mol. The minimum atomic E-state index is -0.930. The highest BCUT2D eigenvalue weighted by atomic mass is 19.1. The third-order valence-corrected chi connectivity index (χ3v) is 3.40. The Morgan fingerprint density at radius 1 is 1.37 bits per heavy atom. The number of benzene rings is 1. The lowest BCUT2D eigenvalue weighted by Crippen LogP contribution is -2.38. The molecule has 19 heavy (non-hydrogen) atoms. The van der Waals surface area contributed by atoms with Crippen molar-refractivity contribution in [1.29, 1.82) is 0 Å². The first-order valence-electron chi connectivity index (χ1n) is 6.29. The van der Waals surface area contributed by atoms with Crippen LogP contribution in [0, 0.1) is 15.9 Å². The number of ether oxygens (including phenoxy) is 1. The number of nitro groups is 1. The number of aliphatic hydroxyl groups is 1. The number of hydrogen-bond donors (Lipinski definition) is 1. The molecule has 0 amide bonds. The highest BCUT2D eigenvalue weighted by Crippen LogP contribution is 2.32. The highest BCUT2D eigenvalue weighted by Gasteiger charge is 2.31. The predicted molar refractivity (Wildman–Crippen MR) is 66.6 cm³/mol. The molecule has 1 aromatic rings. The summed E-state index contributed by atoms with van der Waals surface area (Å²) in [7, 11) is 0. The molecule has 0 atom stereocenters. The van der Waals surface area contributed by atoms with Crippen LogP contribution in [0.25, 0.3) is 0 Å². The summed E-state index contributed by atoms with van der Waals surface area (Å²) in [6.07, 6.45) is 4.18. The number of nitro benzene ring substituents is 1. The maximum Gasteiger partial charge on any atom is 0.313 e. The number of rotatable bonds is 4. The number of nitrogens with zero attached hydrogens (tertiary/aromatic N) is 1. The van der Waals surface area contributed by atoms with Gasteiger partial charge in [-0.15, -0.1) is 0 Å². The smallest absolute Gasteiger partial charge is 0.313 e. The van der Waals surface area contributed by atoms with Crippen molar-refractivity contribution in [1.82, 2.24) is 0 Å². The second-order valence-corrected chi connectivity index (χ2v) is 4.94. The van der Waals surface area contributed by atoms with Crippen molar-refractivity contribution in [2.24, 2.45) is 0 Å². The molecule has 1 aromatic carbocycles. The van der Waals surface area contributed by atoms with Crippen molar-refractivity contribution in [3.63, 3.8) is 0 Å². The Hall–Kier alpha value is -1.69. The maximum atomic E-state index is 13.0. The Labute approximate surface area is 110 Å². The van der Waals surface area contributed by atoms with Crippen molar-refractivity contribution in [2.45, 2.75) is 37.7 Å². The van der Waals surface area contributed by atoms with Crippen LogP contribution < -0.4 is 4.74 Å². The number of halogens is 1. The molecule has 2 rings (SSSR count). The van der Waals surface area contributed by atoms with E-state index in [0.717, 1.165) is 31.4 Å². The lowest BCUT2D eigenvalue weighted by Gasteiger charge is -2.31. The van der Waals surface area contributed by atoms with Gasteiger partial charge in [-0.1, -0.05) is 19.3 Å². The third-order valence-electron chi connectivity index (χ3n) is 3.40. The van der Waals surface area contributed by atoms with Gasteiger partial charge >= 0.3 is 5.69 Å². The first-order valence-corrected chi connectivity index (χ1v) is 6.29. The summed E-state index contributed by atoms with van der Waals surface area (Å²) in [5.74, 6) is -0.694. The van der Waals surface area contributed by atoms with Gasteiger partial charge in [-0.25, -0.2) is 4.39 Å². The first-order chi connectivity index (χ1) is 9.00. The summed E-state index contributed by atoms with van der Waals surface area (Å²) >= 11 is 0.